The van der Waals surface area contributed by atoms with Gasteiger partial charge in [-0.2, -0.15) is 0 Å². The van der Waals surface area contributed by atoms with Crippen LogP contribution in [-0.4, -0.2) is 17.6 Å². The SMILES string of the molecule is Cc1cccc(C)c1-c1ccc(N2c3ccc(Br)cc3C(C)(C)c3cc(Br)ccc32)c(C)n1.Cc1cccc(C)c1-c1ccc(N2c3ccccc3C(C)(C)c3ccccc32)c(C)n1.[B]=NS. The third-order valence-corrected chi connectivity index (χ3v) is 14.4. The van der Waals surface area contributed by atoms with E-state index in [0.717, 1.165) is 43.1 Å². The van der Waals surface area contributed by atoms with Crippen molar-refractivity contribution in [3.05, 3.63) is 210 Å². The van der Waals surface area contributed by atoms with E-state index in [2.05, 4.69) is 281 Å². The van der Waals surface area contributed by atoms with Gasteiger partial charge in [0.1, 0.15) is 0 Å². The fourth-order valence-corrected chi connectivity index (χ4v) is 10.9. The molecule has 2 aliphatic heterocycles. The summed E-state index contributed by atoms with van der Waals surface area (Å²) in [7, 11) is 4.34. The summed E-state index contributed by atoms with van der Waals surface area (Å²) < 4.78 is 4.88. The summed E-state index contributed by atoms with van der Waals surface area (Å²) in [5.41, 5.74) is 23.8. The van der Waals surface area contributed by atoms with Crippen molar-refractivity contribution in [1.82, 2.24) is 9.97 Å². The second-order valence-electron chi connectivity index (χ2n) is 18.5. The molecule has 0 saturated carbocycles. The van der Waals surface area contributed by atoms with Crippen molar-refractivity contribution < 1.29 is 0 Å². The van der Waals surface area contributed by atoms with Crippen molar-refractivity contribution in [2.45, 2.75) is 80.1 Å². The summed E-state index contributed by atoms with van der Waals surface area (Å²) in [6, 6.07) is 52.3. The molecule has 0 N–H and O–H groups in total. The topological polar surface area (TPSA) is 44.6 Å². The van der Waals surface area contributed by atoms with Crippen LogP contribution in [0.5, 0.6) is 0 Å². The van der Waals surface area contributed by atoms with Gasteiger partial charge in [-0.15, -0.1) is 0 Å². The number of pyridine rings is 2. The Labute approximate surface area is 420 Å². The van der Waals surface area contributed by atoms with E-state index in [1.165, 1.54) is 78.4 Å². The van der Waals surface area contributed by atoms with Gasteiger partial charge in [-0.1, -0.05) is 132 Å². The predicted octanol–water partition coefficient (Wildman–Crippen LogP) is 17.3. The second-order valence-corrected chi connectivity index (χ2v) is 20.6. The normalized spacial score (nSPS) is 13.7. The van der Waals surface area contributed by atoms with Crippen LogP contribution in [0, 0.1) is 41.5 Å². The molecule has 0 bridgehead atoms. The van der Waals surface area contributed by atoms with Crippen molar-refractivity contribution in [2.24, 2.45) is 4.30 Å². The minimum atomic E-state index is -0.131. The van der Waals surface area contributed by atoms with Crippen molar-refractivity contribution in [3.63, 3.8) is 0 Å². The number of halogens is 2. The number of rotatable bonds is 4. The molecule has 10 rings (SSSR count). The van der Waals surface area contributed by atoms with E-state index in [1.54, 1.807) is 0 Å². The summed E-state index contributed by atoms with van der Waals surface area (Å²) in [4.78, 5) is 14.9. The number of nitrogens with zero attached hydrogens (tertiary/aromatic N) is 5. The minimum absolute atomic E-state index is 0.0524. The molecular formula is C58H55BBr2N5S. The summed E-state index contributed by atoms with van der Waals surface area (Å²) in [5.74, 6) is 0. The molecule has 6 aromatic carbocycles. The molecule has 0 aliphatic carbocycles. The van der Waals surface area contributed by atoms with Crippen LogP contribution in [0.2, 0.25) is 0 Å². The first-order valence-corrected chi connectivity index (χ1v) is 24.5. The Morgan fingerprint density at radius 2 is 0.746 bits per heavy atom. The zero-order valence-corrected chi connectivity index (χ0v) is 43.9. The molecule has 2 aromatic heterocycles. The molecule has 4 heterocycles. The van der Waals surface area contributed by atoms with Gasteiger partial charge in [-0.05, 0) is 159 Å². The number of anilines is 6. The fourth-order valence-electron chi connectivity index (χ4n) is 10.2. The van der Waals surface area contributed by atoms with E-state index in [1.807, 2.05) is 0 Å². The van der Waals surface area contributed by atoms with Crippen LogP contribution in [0.1, 0.15) is 83.6 Å². The maximum absolute atomic E-state index is 5.10. The molecule has 2 aliphatic rings. The van der Waals surface area contributed by atoms with Gasteiger partial charge >= 0.3 is 24.8 Å². The predicted molar refractivity (Wildman–Crippen MR) is 294 cm³/mol. The molecule has 335 valence electrons. The third kappa shape index (κ3) is 8.87. The van der Waals surface area contributed by atoms with E-state index < -0.39 is 0 Å². The van der Waals surface area contributed by atoms with Crippen molar-refractivity contribution in [3.8, 4) is 22.5 Å². The van der Waals surface area contributed by atoms with Crippen molar-refractivity contribution in [2.75, 3.05) is 9.80 Å². The number of thiol groups is 1. The van der Waals surface area contributed by atoms with Gasteiger partial charge in [0.05, 0.1) is 56.9 Å². The molecule has 0 spiro atoms. The number of fused-ring (bicyclic) bond motifs is 4. The van der Waals surface area contributed by atoms with Gasteiger partial charge in [0.15, 0.2) is 0 Å². The monoisotopic (exact) mass is 1020 g/mol. The first kappa shape index (κ1) is 47.9. The zero-order chi connectivity index (χ0) is 47.9. The van der Waals surface area contributed by atoms with Crippen LogP contribution in [0.4, 0.5) is 34.1 Å². The summed E-state index contributed by atoms with van der Waals surface area (Å²) in [6.45, 7) is 22.1. The molecule has 0 fully saturated rings. The standard InChI is InChI=1S/C29H26Br2N2.C29H28N2.BHNS/c1-17-7-6-8-18(2)28(17)24-11-14-25(19(3)32-24)33-26-12-9-20(30)15-22(26)29(4,5)23-16-21(31)10-13-27(23)33;1-19-11-10-12-20(2)28(19)24-17-18-25(21(3)30-24)31-26-15-8-6-13-22(26)29(4,5)23-14-7-9-16-27(23)31;1-2-3/h6-16H,1-5H3;6-18H,1-5H3;3H. The molecule has 0 unspecified atom stereocenters. The molecule has 8 aromatic rings. The Kier molecular flexibility index (Phi) is 13.7. The number of benzene rings is 6. The van der Waals surface area contributed by atoms with Crippen LogP contribution < -0.4 is 9.80 Å². The molecule has 1 radical (unpaired) electrons. The van der Waals surface area contributed by atoms with Gasteiger partial charge in [-0.25, -0.2) is 0 Å². The van der Waals surface area contributed by atoms with Crippen molar-refractivity contribution >= 4 is 86.4 Å². The zero-order valence-electron chi connectivity index (χ0n) is 39.9. The fraction of sp³-hybridized carbons (Fsp3) is 0.207. The van der Waals surface area contributed by atoms with E-state index in [4.69, 9.17) is 9.97 Å². The van der Waals surface area contributed by atoms with Gasteiger partial charge < -0.3 is 9.80 Å². The van der Waals surface area contributed by atoms with E-state index >= 15 is 0 Å². The summed E-state index contributed by atoms with van der Waals surface area (Å²) >= 11 is 10.6. The Morgan fingerprint density at radius 1 is 0.433 bits per heavy atom. The average Bonchev–Trinajstić information content (AvgIpc) is 3.29. The third-order valence-electron chi connectivity index (χ3n) is 13.5. The second kappa shape index (κ2) is 19.2. The van der Waals surface area contributed by atoms with Crippen molar-refractivity contribution in [1.29, 1.82) is 0 Å². The van der Waals surface area contributed by atoms with Gasteiger partial charge in [-0.3, -0.25) is 9.97 Å². The summed E-state index contributed by atoms with van der Waals surface area (Å²) in [6.07, 6.45) is 0. The van der Waals surface area contributed by atoms with Crippen LogP contribution in [-0.2, 0) is 10.8 Å². The Hall–Kier alpha value is -5.61. The Morgan fingerprint density at radius 3 is 1.10 bits per heavy atom. The molecule has 5 nitrogen and oxygen atoms in total. The first-order chi connectivity index (χ1) is 32.0. The number of hydrogen-bond donors (Lipinski definition) is 1. The van der Waals surface area contributed by atoms with Gasteiger partial charge in [0, 0.05) is 30.9 Å². The average molecular weight is 1020 g/mol. The van der Waals surface area contributed by atoms with Crippen LogP contribution in [0.15, 0.2) is 159 Å². The van der Waals surface area contributed by atoms with Crippen LogP contribution in [0.3, 0.4) is 0 Å². The van der Waals surface area contributed by atoms with Crippen LogP contribution in [0.25, 0.3) is 22.5 Å². The van der Waals surface area contributed by atoms with Gasteiger partial charge in [0.2, 0.25) is 0 Å². The quantitative estimate of drug-likeness (QED) is 0.141. The number of aryl methyl sites for hydroxylation is 6. The molecule has 0 amide bonds. The summed E-state index contributed by atoms with van der Waals surface area (Å²) in [5, 5.41) is 0. The van der Waals surface area contributed by atoms with Crippen LogP contribution >= 0.6 is 44.7 Å². The van der Waals surface area contributed by atoms with E-state index in [9.17, 15) is 0 Å². The molecular weight excluding hydrogens is 969 g/mol. The Bertz CT molecular complexity index is 3050. The Balaban J connectivity index is 0.000000172. The molecule has 67 heavy (non-hydrogen) atoms. The van der Waals surface area contributed by atoms with E-state index in [0.29, 0.717) is 0 Å². The molecule has 0 saturated heterocycles. The first-order valence-electron chi connectivity index (χ1n) is 22.5. The number of hydrogen-bond acceptors (Lipinski definition) is 6. The molecule has 9 heteroatoms. The number of para-hydroxylation sites is 2. The van der Waals surface area contributed by atoms with E-state index in [-0.39, 0.29) is 10.8 Å². The number of aromatic nitrogens is 2. The molecule has 0 atom stereocenters. The van der Waals surface area contributed by atoms with Gasteiger partial charge in [0.25, 0.3) is 0 Å². The maximum atomic E-state index is 5.10.